The lowest BCUT2D eigenvalue weighted by Gasteiger charge is -2.23. The Labute approximate surface area is 221 Å². The van der Waals surface area contributed by atoms with Crippen molar-refractivity contribution in [1.29, 1.82) is 0 Å². The van der Waals surface area contributed by atoms with Crippen molar-refractivity contribution in [3.8, 4) is 22.4 Å². The molecule has 8 heteroatoms. The summed E-state index contributed by atoms with van der Waals surface area (Å²) in [5.74, 6) is -0.484. The van der Waals surface area contributed by atoms with Gasteiger partial charge in [0, 0.05) is 30.3 Å². The number of anilines is 1. The Kier molecular flexibility index (Phi) is 7.70. The number of hydrogen-bond donors (Lipinski definition) is 4. The van der Waals surface area contributed by atoms with E-state index in [0.717, 1.165) is 36.1 Å². The summed E-state index contributed by atoms with van der Waals surface area (Å²) in [5.41, 5.74) is 10.9. The third kappa shape index (κ3) is 6.04. The molecule has 38 heavy (non-hydrogen) atoms. The zero-order valence-electron chi connectivity index (χ0n) is 21.0. The van der Waals surface area contributed by atoms with Crippen LogP contribution in [0.5, 0.6) is 0 Å². The van der Waals surface area contributed by atoms with Crippen LogP contribution in [-0.2, 0) is 6.54 Å². The Bertz CT molecular complexity index is 1430. The monoisotopic (exact) mass is 506 g/mol. The van der Waals surface area contributed by atoms with E-state index in [1.807, 2.05) is 36.4 Å². The fraction of sp³-hybridized carbons (Fsp3) is 0.200. The Morgan fingerprint density at radius 2 is 1.71 bits per heavy atom. The number of carbonyl (C=O) groups is 2. The first-order valence-electron chi connectivity index (χ1n) is 12.7. The van der Waals surface area contributed by atoms with Gasteiger partial charge >= 0.3 is 0 Å². The van der Waals surface area contributed by atoms with E-state index in [1.165, 1.54) is 6.20 Å². The highest BCUT2D eigenvalue weighted by Gasteiger charge is 2.20. The number of benzene rings is 3. The Balaban J connectivity index is 1.28. The smallest absolute Gasteiger partial charge is 0.274 e. The van der Waals surface area contributed by atoms with Crippen LogP contribution in [-0.4, -0.2) is 40.9 Å². The van der Waals surface area contributed by atoms with E-state index in [9.17, 15) is 9.59 Å². The largest absolute Gasteiger partial charge is 0.382 e. The fourth-order valence-electron chi connectivity index (χ4n) is 4.53. The average Bonchev–Trinajstić information content (AvgIpc) is 2.97. The third-order valence-corrected chi connectivity index (χ3v) is 6.56. The lowest BCUT2D eigenvalue weighted by atomic mass is 10.0. The number of nitrogens with two attached hydrogens (primary N) is 1. The van der Waals surface area contributed by atoms with Crippen LogP contribution >= 0.6 is 0 Å². The number of amides is 2. The summed E-state index contributed by atoms with van der Waals surface area (Å²) in [6, 6.07) is 25.4. The molecule has 1 unspecified atom stereocenters. The van der Waals surface area contributed by atoms with Crippen molar-refractivity contribution in [3.05, 3.63) is 102 Å². The van der Waals surface area contributed by atoms with E-state index in [2.05, 4.69) is 50.2 Å². The molecule has 0 bridgehead atoms. The van der Waals surface area contributed by atoms with Gasteiger partial charge in [-0.1, -0.05) is 60.7 Å². The normalized spacial score (nSPS) is 15.0. The van der Waals surface area contributed by atoms with Gasteiger partial charge in [-0.05, 0) is 54.3 Å². The Morgan fingerprint density at radius 1 is 0.921 bits per heavy atom. The maximum Gasteiger partial charge on any atom is 0.274 e. The number of hydrogen-bond acceptors (Lipinski definition) is 6. The van der Waals surface area contributed by atoms with E-state index in [0.29, 0.717) is 29.9 Å². The van der Waals surface area contributed by atoms with Gasteiger partial charge in [-0.15, -0.1) is 0 Å². The van der Waals surface area contributed by atoms with Crippen LogP contribution in [0.1, 0.15) is 39.3 Å². The van der Waals surface area contributed by atoms with E-state index in [4.69, 9.17) is 5.73 Å². The maximum absolute atomic E-state index is 13.0. The molecule has 1 aliphatic rings. The zero-order chi connectivity index (χ0) is 26.3. The topological polar surface area (TPSA) is 122 Å². The van der Waals surface area contributed by atoms with Gasteiger partial charge < -0.3 is 21.7 Å². The molecule has 1 aliphatic heterocycles. The molecule has 2 heterocycles. The van der Waals surface area contributed by atoms with Crippen molar-refractivity contribution in [2.75, 3.05) is 18.8 Å². The molecule has 8 nitrogen and oxygen atoms in total. The number of rotatable bonds is 7. The first-order chi connectivity index (χ1) is 18.6. The van der Waals surface area contributed by atoms with E-state index in [-0.39, 0.29) is 29.4 Å². The second-order valence-electron chi connectivity index (χ2n) is 9.34. The number of aromatic nitrogens is 2. The summed E-state index contributed by atoms with van der Waals surface area (Å²) in [5, 5.41) is 9.25. The number of piperidine rings is 1. The van der Waals surface area contributed by atoms with Gasteiger partial charge in [-0.25, -0.2) is 9.97 Å². The minimum absolute atomic E-state index is 0.0292. The quantitative estimate of drug-likeness (QED) is 0.302. The standard InChI is InChI=1S/C30H30N6O2/c31-28-27(30(38)35-25-13-6-14-32-18-25)36-26(19-33-28)23-11-5-12-24(16-23)29(37)34-17-20-7-4-10-22(15-20)21-8-2-1-3-9-21/h1-5,7-12,15-16,19,25,32H,6,13-14,17-18H2,(H2,31,33)(H,34,37)(H,35,38). The van der Waals surface area contributed by atoms with Crippen LogP contribution in [0.4, 0.5) is 5.82 Å². The van der Waals surface area contributed by atoms with Crippen LogP contribution in [0.15, 0.2) is 85.1 Å². The molecule has 2 amide bonds. The van der Waals surface area contributed by atoms with Crippen LogP contribution in [0.25, 0.3) is 22.4 Å². The highest BCUT2D eigenvalue weighted by atomic mass is 16.2. The second-order valence-corrected chi connectivity index (χ2v) is 9.34. The van der Waals surface area contributed by atoms with Crippen molar-refractivity contribution in [1.82, 2.24) is 25.9 Å². The number of nitrogen functional groups attached to an aromatic ring is 1. The van der Waals surface area contributed by atoms with Gasteiger partial charge in [-0.3, -0.25) is 9.59 Å². The van der Waals surface area contributed by atoms with Crippen LogP contribution < -0.4 is 21.7 Å². The molecule has 5 rings (SSSR count). The fourth-order valence-corrected chi connectivity index (χ4v) is 4.53. The highest BCUT2D eigenvalue weighted by Crippen LogP contribution is 2.22. The lowest BCUT2D eigenvalue weighted by Crippen LogP contribution is -2.46. The average molecular weight is 507 g/mol. The molecule has 1 saturated heterocycles. The van der Waals surface area contributed by atoms with E-state index >= 15 is 0 Å². The van der Waals surface area contributed by atoms with Gasteiger partial charge in [0.1, 0.15) is 0 Å². The first kappa shape index (κ1) is 25.1. The molecule has 0 spiro atoms. The number of nitrogens with one attached hydrogen (secondary N) is 3. The molecule has 0 saturated carbocycles. The second kappa shape index (κ2) is 11.7. The van der Waals surface area contributed by atoms with Crippen LogP contribution in [0.3, 0.4) is 0 Å². The van der Waals surface area contributed by atoms with E-state index < -0.39 is 0 Å². The molecular formula is C30H30N6O2. The summed E-state index contributed by atoms with van der Waals surface area (Å²) >= 11 is 0. The van der Waals surface area contributed by atoms with Crippen molar-refractivity contribution >= 4 is 17.6 Å². The summed E-state index contributed by atoms with van der Waals surface area (Å²) in [6.45, 7) is 2.06. The predicted octanol–water partition coefficient (Wildman–Crippen LogP) is 3.80. The van der Waals surface area contributed by atoms with Crippen LogP contribution in [0, 0.1) is 0 Å². The van der Waals surface area contributed by atoms with Crippen molar-refractivity contribution in [3.63, 3.8) is 0 Å². The van der Waals surface area contributed by atoms with Crippen LogP contribution in [0.2, 0.25) is 0 Å². The zero-order valence-corrected chi connectivity index (χ0v) is 21.0. The van der Waals surface area contributed by atoms with Gasteiger partial charge in [0.25, 0.3) is 11.8 Å². The minimum Gasteiger partial charge on any atom is -0.382 e. The molecule has 1 aromatic heterocycles. The van der Waals surface area contributed by atoms with E-state index in [1.54, 1.807) is 18.2 Å². The first-order valence-corrected chi connectivity index (χ1v) is 12.7. The molecule has 1 atom stereocenters. The summed E-state index contributed by atoms with van der Waals surface area (Å²) in [6.07, 6.45) is 3.42. The Hall–Kier alpha value is -4.56. The molecule has 0 aliphatic carbocycles. The molecule has 5 N–H and O–H groups in total. The van der Waals surface area contributed by atoms with Crippen molar-refractivity contribution < 1.29 is 9.59 Å². The Morgan fingerprint density at radius 3 is 2.53 bits per heavy atom. The van der Waals surface area contributed by atoms with Gasteiger partial charge in [0.2, 0.25) is 0 Å². The SMILES string of the molecule is Nc1ncc(-c2cccc(C(=O)NCc3cccc(-c4ccccc4)c3)c2)nc1C(=O)NC1CCCNC1. The molecule has 0 radical (unpaired) electrons. The molecule has 3 aromatic carbocycles. The summed E-state index contributed by atoms with van der Waals surface area (Å²) in [4.78, 5) is 34.5. The lowest BCUT2D eigenvalue weighted by molar-refractivity contribution is 0.0923. The molecule has 1 fully saturated rings. The van der Waals surface area contributed by atoms with Crippen molar-refractivity contribution in [2.45, 2.75) is 25.4 Å². The minimum atomic E-state index is -0.350. The molecule has 192 valence electrons. The summed E-state index contributed by atoms with van der Waals surface area (Å²) < 4.78 is 0. The van der Waals surface area contributed by atoms with Crippen molar-refractivity contribution in [2.24, 2.45) is 0 Å². The highest BCUT2D eigenvalue weighted by molar-refractivity contribution is 5.97. The third-order valence-electron chi connectivity index (χ3n) is 6.56. The summed E-state index contributed by atoms with van der Waals surface area (Å²) in [7, 11) is 0. The van der Waals surface area contributed by atoms with Gasteiger partial charge in [0.15, 0.2) is 11.5 Å². The maximum atomic E-state index is 13.0. The molecule has 4 aromatic rings. The van der Waals surface area contributed by atoms with Gasteiger partial charge in [0.05, 0.1) is 11.9 Å². The van der Waals surface area contributed by atoms with Gasteiger partial charge in [-0.2, -0.15) is 0 Å². The predicted molar refractivity (Wildman–Crippen MR) is 148 cm³/mol. The molecular weight excluding hydrogens is 476 g/mol. The number of nitrogens with zero attached hydrogens (tertiary/aromatic N) is 2. The number of carbonyl (C=O) groups excluding carboxylic acids is 2.